The average molecular weight is 265 g/mol. The van der Waals surface area contributed by atoms with Gasteiger partial charge in [0, 0.05) is 5.02 Å². The summed E-state index contributed by atoms with van der Waals surface area (Å²) in [4.78, 5) is -0.299. The van der Waals surface area contributed by atoms with E-state index in [4.69, 9.17) is 28.3 Å². The number of benzene rings is 1. The zero-order chi connectivity index (χ0) is 9.30. The molecule has 1 N–H and O–H groups in total. The third-order valence-corrected chi connectivity index (χ3v) is 2.35. The van der Waals surface area contributed by atoms with Gasteiger partial charge in [0.25, 0.3) is 0 Å². The van der Waals surface area contributed by atoms with Gasteiger partial charge < -0.3 is 9.66 Å². The van der Waals surface area contributed by atoms with Crippen molar-refractivity contribution in [3.63, 3.8) is 0 Å². The van der Waals surface area contributed by atoms with Crippen molar-refractivity contribution in [1.29, 1.82) is 0 Å². The van der Waals surface area contributed by atoms with Crippen molar-refractivity contribution in [3.8, 4) is 5.75 Å². The molecule has 0 bridgehead atoms. The van der Waals surface area contributed by atoms with Gasteiger partial charge in [-0.05, 0) is 23.2 Å². The molecule has 0 aliphatic carbocycles. The molecule has 0 heterocycles. The normalized spacial score (nSPS) is 11.9. The van der Waals surface area contributed by atoms with Crippen LogP contribution in [0.15, 0.2) is 17.0 Å². The summed E-state index contributed by atoms with van der Waals surface area (Å²) in [7, 11) is 0. The Hall–Kier alpha value is 1.35. The molecular formula is C6H3Cl2KO3S. The number of phenolic OH excluding ortho intramolecular Hbond substituents is 1. The van der Waals surface area contributed by atoms with Crippen molar-refractivity contribution in [2.75, 3.05) is 0 Å². The van der Waals surface area contributed by atoms with Crippen LogP contribution in [-0.4, -0.2) is 13.9 Å². The van der Waals surface area contributed by atoms with Gasteiger partial charge in [0.2, 0.25) is 0 Å². The van der Waals surface area contributed by atoms with Crippen molar-refractivity contribution in [1.82, 2.24) is 0 Å². The molecule has 13 heavy (non-hydrogen) atoms. The number of aromatic hydroxyl groups is 1. The van der Waals surface area contributed by atoms with E-state index in [0.717, 1.165) is 6.07 Å². The molecule has 1 aromatic carbocycles. The number of phenols is 1. The second-order valence-corrected chi connectivity index (χ2v) is 3.72. The first-order valence-corrected chi connectivity index (χ1v) is 4.62. The molecule has 0 saturated carbocycles. The van der Waals surface area contributed by atoms with Crippen LogP contribution in [-0.2, 0) is 11.1 Å². The largest absolute Gasteiger partial charge is 1.00 e. The molecule has 1 unspecified atom stereocenters. The molecule has 1 atom stereocenters. The Morgan fingerprint density at radius 2 is 1.92 bits per heavy atom. The van der Waals surface area contributed by atoms with Crippen molar-refractivity contribution >= 4 is 34.3 Å². The Balaban J connectivity index is 0.00000144. The summed E-state index contributed by atoms with van der Waals surface area (Å²) in [5, 5.41) is 9.19. The Morgan fingerprint density at radius 3 is 2.38 bits per heavy atom. The van der Waals surface area contributed by atoms with E-state index in [2.05, 4.69) is 0 Å². The third kappa shape index (κ3) is 3.77. The van der Waals surface area contributed by atoms with E-state index in [-0.39, 0.29) is 66.3 Å². The van der Waals surface area contributed by atoms with Crippen molar-refractivity contribution in [2.24, 2.45) is 0 Å². The smallest absolute Gasteiger partial charge is 0.768 e. The summed E-state index contributed by atoms with van der Waals surface area (Å²) in [5.74, 6) is -0.477. The monoisotopic (exact) mass is 264 g/mol. The predicted octanol–water partition coefficient (Wildman–Crippen LogP) is -1.06. The SMILES string of the molecule is O=S([O-])c1cc(Cl)cc(Cl)c1O.[K+]. The molecule has 0 spiro atoms. The fourth-order valence-corrected chi connectivity index (χ4v) is 1.77. The van der Waals surface area contributed by atoms with Gasteiger partial charge in [0.15, 0.2) is 0 Å². The molecule has 66 valence electrons. The second kappa shape index (κ2) is 6.04. The van der Waals surface area contributed by atoms with Gasteiger partial charge >= 0.3 is 51.4 Å². The quantitative estimate of drug-likeness (QED) is 0.520. The van der Waals surface area contributed by atoms with Gasteiger partial charge in [0.1, 0.15) is 5.75 Å². The van der Waals surface area contributed by atoms with E-state index in [9.17, 15) is 8.76 Å². The van der Waals surface area contributed by atoms with Crippen LogP contribution >= 0.6 is 23.2 Å². The minimum absolute atomic E-state index is 0. The molecule has 0 amide bonds. The fraction of sp³-hybridized carbons (Fsp3) is 0. The van der Waals surface area contributed by atoms with Gasteiger partial charge in [-0.1, -0.05) is 23.2 Å². The van der Waals surface area contributed by atoms with Crippen molar-refractivity contribution < 1.29 is 65.3 Å². The molecule has 0 fully saturated rings. The van der Waals surface area contributed by atoms with E-state index in [1.807, 2.05) is 0 Å². The first kappa shape index (κ1) is 14.3. The van der Waals surface area contributed by atoms with Crippen LogP contribution in [0.5, 0.6) is 5.75 Å². The Bertz CT molecular complexity index is 345. The number of hydrogen-bond acceptors (Lipinski definition) is 3. The molecule has 0 aromatic heterocycles. The maximum atomic E-state index is 10.4. The van der Waals surface area contributed by atoms with Crippen LogP contribution in [0, 0.1) is 0 Å². The maximum Gasteiger partial charge on any atom is 1.00 e. The molecule has 0 aliphatic heterocycles. The van der Waals surface area contributed by atoms with Gasteiger partial charge in [-0.15, -0.1) is 0 Å². The summed E-state index contributed by atoms with van der Waals surface area (Å²) < 4.78 is 20.9. The standard InChI is InChI=1S/C6H4Cl2O3S.K/c7-3-1-4(8)6(9)5(2-3)12(10)11;/h1-2,9H,(H,10,11);/q;+1/p-1. The summed E-state index contributed by atoms with van der Waals surface area (Å²) >= 11 is 8.42. The molecule has 7 heteroatoms. The predicted molar refractivity (Wildman–Crippen MR) is 45.3 cm³/mol. The van der Waals surface area contributed by atoms with Crippen LogP contribution in [0.2, 0.25) is 10.0 Å². The second-order valence-electron chi connectivity index (χ2n) is 1.97. The van der Waals surface area contributed by atoms with E-state index in [1.54, 1.807) is 0 Å². The van der Waals surface area contributed by atoms with Gasteiger partial charge in [-0.3, -0.25) is 4.21 Å². The van der Waals surface area contributed by atoms with E-state index in [0.29, 0.717) is 0 Å². The molecule has 3 nitrogen and oxygen atoms in total. The van der Waals surface area contributed by atoms with Crippen LogP contribution in [0.1, 0.15) is 0 Å². The van der Waals surface area contributed by atoms with Crippen LogP contribution < -0.4 is 51.4 Å². The van der Waals surface area contributed by atoms with E-state index in [1.165, 1.54) is 6.07 Å². The summed E-state index contributed by atoms with van der Waals surface area (Å²) in [6.07, 6.45) is 0. The zero-order valence-corrected chi connectivity index (χ0v) is 12.0. The first-order chi connectivity index (χ1) is 5.52. The van der Waals surface area contributed by atoms with Crippen LogP contribution in [0.4, 0.5) is 0 Å². The molecule has 0 radical (unpaired) electrons. The van der Waals surface area contributed by atoms with Crippen molar-refractivity contribution in [2.45, 2.75) is 4.90 Å². The Morgan fingerprint density at radius 1 is 1.38 bits per heavy atom. The van der Waals surface area contributed by atoms with E-state index < -0.39 is 16.8 Å². The third-order valence-electron chi connectivity index (χ3n) is 1.17. The number of rotatable bonds is 1. The molecular weight excluding hydrogens is 262 g/mol. The van der Waals surface area contributed by atoms with Crippen molar-refractivity contribution in [3.05, 3.63) is 22.2 Å². The average Bonchev–Trinajstić information content (AvgIpc) is 1.96. The summed E-state index contributed by atoms with van der Waals surface area (Å²) in [6.45, 7) is 0. The number of hydrogen-bond donors (Lipinski definition) is 1. The minimum Gasteiger partial charge on any atom is -0.768 e. The molecule has 1 rings (SSSR count). The molecule has 0 saturated heterocycles. The summed E-state index contributed by atoms with van der Waals surface area (Å²) in [6, 6.07) is 2.38. The Kier molecular flexibility index (Phi) is 6.67. The maximum absolute atomic E-state index is 10.4. The topological polar surface area (TPSA) is 60.4 Å². The van der Waals surface area contributed by atoms with E-state index >= 15 is 0 Å². The first-order valence-electron chi connectivity index (χ1n) is 2.79. The number of halogens is 2. The molecule has 0 aliphatic rings. The summed E-state index contributed by atoms with van der Waals surface area (Å²) in [5.41, 5.74) is 0. The van der Waals surface area contributed by atoms with Crippen LogP contribution in [0.25, 0.3) is 0 Å². The Labute approximate surface area is 130 Å². The van der Waals surface area contributed by atoms with Gasteiger partial charge in [-0.25, -0.2) is 0 Å². The van der Waals surface area contributed by atoms with Gasteiger partial charge in [0.05, 0.1) is 9.92 Å². The fourth-order valence-electron chi connectivity index (χ4n) is 0.669. The molecule has 1 aromatic rings. The van der Waals surface area contributed by atoms with Gasteiger partial charge in [-0.2, -0.15) is 0 Å². The zero-order valence-electron chi connectivity index (χ0n) is 6.58. The van der Waals surface area contributed by atoms with Crippen LogP contribution in [0.3, 0.4) is 0 Å². The minimum atomic E-state index is -2.53.